The van der Waals surface area contributed by atoms with Crippen LogP contribution in [0.15, 0.2) is 121 Å². The van der Waals surface area contributed by atoms with Crippen LogP contribution in [0.25, 0.3) is 76.5 Å². The van der Waals surface area contributed by atoms with Gasteiger partial charge in [-0.25, -0.2) is 4.39 Å². The number of rotatable bonds is 2. The molecule has 0 N–H and O–H groups in total. The second-order valence-electron chi connectivity index (χ2n) is 14.8. The number of hydrogen-bond acceptors (Lipinski definition) is 0. The van der Waals surface area contributed by atoms with Crippen LogP contribution in [0.2, 0.25) is 0 Å². The molecule has 1 aliphatic rings. The van der Waals surface area contributed by atoms with Gasteiger partial charge in [-0.2, -0.15) is 0 Å². The maximum atomic E-state index is 14.2. The van der Waals surface area contributed by atoms with Gasteiger partial charge in [0.2, 0.25) is 0 Å². The molecule has 0 nitrogen and oxygen atoms in total. The number of fused-ring (bicyclic) bond motifs is 4. The van der Waals surface area contributed by atoms with Gasteiger partial charge in [0.25, 0.3) is 0 Å². The molecule has 1 heteroatoms. The first-order chi connectivity index (χ1) is 22.1. The van der Waals surface area contributed by atoms with Crippen LogP contribution in [0.4, 0.5) is 4.39 Å². The van der Waals surface area contributed by atoms with Gasteiger partial charge in [-0.05, 0) is 129 Å². The Morgan fingerprint density at radius 3 is 1.72 bits per heavy atom. The Morgan fingerprint density at radius 2 is 0.978 bits per heavy atom. The zero-order valence-electron chi connectivity index (χ0n) is 26.9. The van der Waals surface area contributed by atoms with Crippen LogP contribution in [0.5, 0.6) is 0 Å². The highest BCUT2D eigenvalue weighted by Gasteiger charge is 2.35. The lowest BCUT2D eigenvalue weighted by Gasteiger charge is -2.22. The Labute approximate surface area is 269 Å². The highest BCUT2D eigenvalue weighted by atomic mass is 19.1. The van der Waals surface area contributed by atoms with Gasteiger partial charge in [0, 0.05) is 5.41 Å². The van der Waals surface area contributed by atoms with Crippen LogP contribution >= 0.6 is 0 Å². The molecule has 0 radical (unpaired) electrons. The highest BCUT2D eigenvalue weighted by Crippen LogP contribution is 2.50. The maximum absolute atomic E-state index is 14.2. The zero-order chi connectivity index (χ0) is 31.5. The molecule has 46 heavy (non-hydrogen) atoms. The Hall–Kier alpha value is -5.01. The van der Waals surface area contributed by atoms with E-state index < -0.39 is 0 Å². The molecular formula is C45H35F. The molecule has 0 unspecified atom stereocenters. The van der Waals surface area contributed by atoms with E-state index in [9.17, 15) is 4.39 Å². The van der Waals surface area contributed by atoms with Crippen LogP contribution < -0.4 is 0 Å². The van der Waals surface area contributed by atoms with E-state index in [1.165, 1.54) is 82.0 Å². The van der Waals surface area contributed by atoms with Crippen molar-refractivity contribution in [2.75, 3.05) is 0 Å². The Balaban J connectivity index is 1.13. The molecule has 0 aromatic heterocycles. The molecule has 8 aromatic carbocycles. The number of halogens is 1. The van der Waals surface area contributed by atoms with Crippen LogP contribution in [0.1, 0.15) is 51.3 Å². The normalized spacial score (nSPS) is 14.0. The van der Waals surface area contributed by atoms with E-state index in [4.69, 9.17) is 0 Å². The molecule has 0 spiro atoms. The summed E-state index contributed by atoms with van der Waals surface area (Å²) in [6, 6.07) is 44.1. The van der Waals surface area contributed by atoms with Crippen LogP contribution in [-0.4, -0.2) is 0 Å². The average Bonchev–Trinajstić information content (AvgIpc) is 3.27. The first-order valence-electron chi connectivity index (χ1n) is 16.3. The van der Waals surface area contributed by atoms with Crippen molar-refractivity contribution in [3.05, 3.63) is 144 Å². The molecule has 0 heterocycles. The van der Waals surface area contributed by atoms with Crippen molar-refractivity contribution in [3.63, 3.8) is 0 Å². The first-order valence-corrected chi connectivity index (χ1v) is 16.3. The minimum Gasteiger partial charge on any atom is -0.207 e. The Kier molecular flexibility index (Phi) is 5.50. The van der Waals surface area contributed by atoms with Crippen molar-refractivity contribution in [1.29, 1.82) is 0 Å². The zero-order valence-corrected chi connectivity index (χ0v) is 26.9. The number of hydrogen-bond donors (Lipinski definition) is 0. The lowest BCUT2D eigenvalue weighted by Crippen LogP contribution is -2.15. The predicted octanol–water partition coefficient (Wildman–Crippen LogP) is 12.8. The second kappa shape index (κ2) is 9.27. The van der Waals surface area contributed by atoms with Crippen LogP contribution in [0.3, 0.4) is 0 Å². The van der Waals surface area contributed by atoms with E-state index in [0.29, 0.717) is 0 Å². The molecule has 9 rings (SSSR count). The van der Waals surface area contributed by atoms with Gasteiger partial charge in [0.15, 0.2) is 0 Å². The third-order valence-electron chi connectivity index (χ3n) is 10.6. The lowest BCUT2D eigenvalue weighted by atomic mass is 9.81. The Bertz CT molecular complexity index is 2520. The fourth-order valence-electron chi connectivity index (χ4n) is 7.99. The quantitative estimate of drug-likeness (QED) is 0.175. The summed E-state index contributed by atoms with van der Waals surface area (Å²) in [6.07, 6.45) is 0. The monoisotopic (exact) mass is 594 g/mol. The van der Waals surface area contributed by atoms with E-state index in [-0.39, 0.29) is 16.6 Å². The first kappa shape index (κ1) is 27.3. The minimum absolute atomic E-state index is 0.101. The summed E-state index contributed by atoms with van der Waals surface area (Å²) in [4.78, 5) is 0. The molecule has 0 amide bonds. The fraction of sp³-hybridized carbons (Fsp3) is 0.156. The standard InChI is InChI=1S/C45H35F/c1-44(2,3)34-22-32-11-6-26-12-16-36(39-18-14-33(23-34)42(32)43(26)39)31-10-9-27-20-28(7-8-29(27)21-31)30-13-17-37-38-19-15-35(46)25-41(38)45(4,5)40(37)24-30/h6-25H,1-5H3. The fourth-order valence-corrected chi connectivity index (χ4v) is 7.99. The van der Waals surface area contributed by atoms with Crippen LogP contribution in [-0.2, 0) is 10.8 Å². The molecule has 1 aliphatic carbocycles. The molecule has 0 atom stereocenters. The summed E-state index contributed by atoms with van der Waals surface area (Å²) in [5, 5.41) is 10.4. The largest absolute Gasteiger partial charge is 0.207 e. The van der Waals surface area contributed by atoms with Gasteiger partial charge < -0.3 is 0 Å². The van der Waals surface area contributed by atoms with Crippen molar-refractivity contribution in [3.8, 4) is 33.4 Å². The molecule has 0 bridgehead atoms. The third-order valence-corrected chi connectivity index (χ3v) is 10.6. The minimum atomic E-state index is -0.246. The smallest absolute Gasteiger partial charge is 0.123 e. The summed E-state index contributed by atoms with van der Waals surface area (Å²) >= 11 is 0. The van der Waals surface area contributed by atoms with Crippen molar-refractivity contribution >= 4 is 43.1 Å². The van der Waals surface area contributed by atoms with Crippen LogP contribution in [0, 0.1) is 5.82 Å². The SMILES string of the molecule is CC(C)(C)c1cc2ccc3ccc(-c4ccc5cc(-c6ccc7c(c6)C(C)(C)c6cc(F)ccc6-7)ccc5c4)c4ccc(c1)c2c34. The van der Waals surface area contributed by atoms with Gasteiger partial charge in [-0.3, -0.25) is 0 Å². The van der Waals surface area contributed by atoms with E-state index >= 15 is 0 Å². The number of benzene rings is 8. The van der Waals surface area contributed by atoms with Gasteiger partial charge >= 0.3 is 0 Å². The van der Waals surface area contributed by atoms with Gasteiger partial charge in [0.1, 0.15) is 5.82 Å². The van der Waals surface area contributed by atoms with Crippen molar-refractivity contribution in [1.82, 2.24) is 0 Å². The summed E-state index contributed by atoms with van der Waals surface area (Å²) in [7, 11) is 0. The molecule has 222 valence electrons. The summed E-state index contributed by atoms with van der Waals surface area (Å²) in [5.41, 5.74) is 10.8. The van der Waals surface area contributed by atoms with E-state index in [1.54, 1.807) is 12.1 Å². The van der Waals surface area contributed by atoms with Gasteiger partial charge in [-0.15, -0.1) is 0 Å². The third kappa shape index (κ3) is 3.91. The molecular weight excluding hydrogens is 559 g/mol. The lowest BCUT2D eigenvalue weighted by molar-refractivity contribution is 0.591. The molecule has 0 fully saturated rings. The molecule has 0 aliphatic heterocycles. The van der Waals surface area contributed by atoms with E-state index in [1.807, 2.05) is 6.07 Å². The molecule has 0 saturated heterocycles. The van der Waals surface area contributed by atoms with Crippen molar-refractivity contribution in [2.45, 2.75) is 45.4 Å². The second-order valence-corrected chi connectivity index (χ2v) is 14.8. The van der Waals surface area contributed by atoms with Crippen molar-refractivity contribution < 1.29 is 4.39 Å². The molecule has 8 aromatic rings. The average molecular weight is 595 g/mol. The van der Waals surface area contributed by atoms with Gasteiger partial charge in [0.05, 0.1) is 0 Å². The van der Waals surface area contributed by atoms with Crippen molar-refractivity contribution in [2.24, 2.45) is 0 Å². The Morgan fingerprint density at radius 1 is 0.457 bits per heavy atom. The molecule has 0 saturated carbocycles. The maximum Gasteiger partial charge on any atom is 0.123 e. The summed E-state index contributed by atoms with van der Waals surface area (Å²) in [6.45, 7) is 11.3. The predicted molar refractivity (Wildman–Crippen MR) is 195 cm³/mol. The summed E-state index contributed by atoms with van der Waals surface area (Å²) < 4.78 is 14.2. The topological polar surface area (TPSA) is 0 Å². The van der Waals surface area contributed by atoms with E-state index in [0.717, 1.165) is 11.1 Å². The highest BCUT2D eigenvalue weighted by molar-refractivity contribution is 6.25. The van der Waals surface area contributed by atoms with E-state index in [2.05, 4.69) is 138 Å². The summed E-state index contributed by atoms with van der Waals surface area (Å²) in [5.74, 6) is -0.175. The van der Waals surface area contributed by atoms with Gasteiger partial charge in [-0.1, -0.05) is 126 Å².